The van der Waals surface area contributed by atoms with Gasteiger partial charge in [0.15, 0.2) is 12.4 Å². The van der Waals surface area contributed by atoms with E-state index < -0.39 is 29.7 Å². The van der Waals surface area contributed by atoms with E-state index in [0.717, 1.165) is 0 Å². The number of methoxy groups -OCH3 is 1. The zero-order valence-corrected chi connectivity index (χ0v) is 14.3. The minimum absolute atomic E-state index is 0.0722. The van der Waals surface area contributed by atoms with Crippen LogP contribution in [0.2, 0.25) is 0 Å². The molecule has 0 fully saturated rings. The van der Waals surface area contributed by atoms with Gasteiger partial charge in [-0.15, -0.1) is 0 Å². The number of hydrogen-bond donors (Lipinski definition) is 1. The molecular formula is C18H16F3NO5. The van der Waals surface area contributed by atoms with Gasteiger partial charge >= 0.3 is 12.1 Å². The molecule has 1 aromatic heterocycles. The van der Waals surface area contributed by atoms with Crippen LogP contribution in [0.3, 0.4) is 0 Å². The molecule has 3 rings (SSSR count). The number of carboxylic acid groups (broad SMARTS) is 1. The third kappa shape index (κ3) is 3.76. The number of carbonyl (C=O) groups is 1. The van der Waals surface area contributed by atoms with Crippen LogP contribution in [0.1, 0.15) is 22.3 Å². The highest BCUT2D eigenvalue weighted by atomic mass is 19.4. The molecule has 2 aromatic rings. The van der Waals surface area contributed by atoms with Crippen LogP contribution in [-0.4, -0.2) is 35.5 Å². The first kappa shape index (κ1) is 18.8. The normalized spacial score (nSPS) is 13.3. The van der Waals surface area contributed by atoms with Crippen LogP contribution in [0.4, 0.5) is 13.2 Å². The summed E-state index contributed by atoms with van der Waals surface area (Å²) < 4.78 is 48.7. The third-order valence-corrected chi connectivity index (χ3v) is 4.25. The zero-order chi connectivity index (χ0) is 19.8. The summed E-state index contributed by atoms with van der Waals surface area (Å²) in [5, 5.41) is 9.24. The molecule has 0 atom stereocenters. The Morgan fingerprint density at radius 2 is 2.07 bits per heavy atom. The maximum atomic E-state index is 12.4. The summed E-state index contributed by atoms with van der Waals surface area (Å²) in [6.07, 6.45) is -2.04. The topological polar surface area (TPSA) is 77.8 Å². The van der Waals surface area contributed by atoms with Crippen LogP contribution >= 0.6 is 0 Å². The van der Waals surface area contributed by atoms with E-state index in [9.17, 15) is 27.9 Å². The average Bonchev–Trinajstić information content (AvgIpc) is 2.77. The van der Waals surface area contributed by atoms with Crippen molar-refractivity contribution >= 4 is 5.97 Å². The summed E-state index contributed by atoms with van der Waals surface area (Å²) in [5.74, 6) is -1.39. The number of carboxylic acids is 1. The summed E-state index contributed by atoms with van der Waals surface area (Å²) in [6, 6.07) is 4.45. The Kier molecular flexibility index (Phi) is 4.86. The number of alkyl halides is 3. The van der Waals surface area contributed by atoms with Crippen molar-refractivity contribution in [2.24, 2.45) is 0 Å². The smallest absolute Gasteiger partial charge is 0.422 e. The van der Waals surface area contributed by atoms with Crippen LogP contribution < -0.4 is 14.9 Å². The monoisotopic (exact) mass is 383 g/mol. The number of halogens is 3. The number of aryl methyl sites for hydroxylation is 2. The van der Waals surface area contributed by atoms with Gasteiger partial charge in [-0.3, -0.25) is 4.79 Å². The molecule has 0 saturated carbocycles. The Morgan fingerprint density at radius 1 is 1.33 bits per heavy atom. The van der Waals surface area contributed by atoms with E-state index in [1.54, 1.807) is 10.6 Å². The molecular weight excluding hydrogens is 367 g/mol. The standard InChI is InChI=1S/C18H16F3NO5/c1-26-16-14-12-5-4-11(27-9-18(19,20)21)7-10(12)3-2-6-22(14)8-13(15(16)23)17(24)25/h4-5,7-8H,2-3,6,9H2,1H3,(H,24,25). The highest BCUT2D eigenvalue weighted by Gasteiger charge is 2.29. The van der Waals surface area contributed by atoms with Gasteiger partial charge in [0, 0.05) is 18.3 Å². The summed E-state index contributed by atoms with van der Waals surface area (Å²) in [6.45, 7) is -0.965. The number of aromatic carboxylic acids is 1. The van der Waals surface area contributed by atoms with E-state index in [1.807, 2.05) is 0 Å². The molecule has 0 amide bonds. The van der Waals surface area contributed by atoms with Gasteiger partial charge in [0.25, 0.3) is 0 Å². The minimum Gasteiger partial charge on any atom is -0.491 e. The quantitative estimate of drug-likeness (QED) is 0.878. The molecule has 0 saturated heterocycles. The fourth-order valence-corrected chi connectivity index (χ4v) is 3.14. The molecule has 1 N–H and O–H groups in total. The molecule has 9 heteroatoms. The molecule has 0 unspecified atom stereocenters. The SMILES string of the molecule is COc1c2n(cc(C(=O)O)c1=O)CCCc1cc(OCC(F)(F)F)ccc1-2. The second-order valence-corrected chi connectivity index (χ2v) is 6.08. The Morgan fingerprint density at radius 3 is 2.70 bits per heavy atom. The van der Waals surface area contributed by atoms with E-state index in [0.29, 0.717) is 36.2 Å². The molecule has 144 valence electrons. The maximum absolute atomic E-state index is 12.4. The third-order valence-electron chi connectivity index (χ3n) is 4.25. The second kappa shape index (κ2) is 6.98. The van der Waals surface area contributed by atoms with Crippen molar-refractivity contribution in [2.45, 2.75) is 25.6 Å². The molecule has 0 aliphatic carbocycles. The number of pyridine rings is 1. The number of ether oxygens (including phenoxy) is 2. The Labute approximate surface area is 151 Å². The molecule has 27 heavy (non-hydrogen) atoms. The average molecular weight is 383 g/mol. The van der Waals surface area contributed by atoms with Crippen molar-refractivity contribution in [2.75, 3.05) is 13.7 Å². The number of nitrogens with zero attached hydrogens (tertiary/aromatic N) is 1. The first-order valence-electron chi connectivity index (χ1n) is 8.09. The van der Waals surface area contributed by atoms with Crippen molar-refractivity contribution in [3.05, 3.63) is 45.7 Å². The fourth-order valence-electron chi connectivity index (χ4n) is 3.14. The first-order valence-corrected chi connectivity index (χ1v) is 8.09. The van der Waals surface area contributed by atoms with Gasteiger partial charge in [-0.1, -0.05) is 0 Å². The van der Waals surface area contributed by atoms with Crippen molar-refractivity contribution < 1.29 is 32.5 Å². The van der Waals surface area contributed by atoms with Gasteiger partial charge in [0.1, 0.15) is 11.3 Å². The molecule has 2 heterocycles. The van der Waals surface area contributed by atoms with Crippen LogP contribution in [0.15, 0.2) is 29.2 Å². The van der Waals surface area contributed by atoms with E-state index in [2.05, 4.69) is 0 Å². The van der Waals surface area contributed by atoms with E-state index in [4.69, 9.17) is 9.47 Å². The van der Waals surface area contributed by atoms with Crippen molar-refractivity contribution in [3.8, 4) is 22.8 Å². The summed E-state index contributed by atoms with van der Waals surface area (Å²) in [4.78, 5) is 23.8. The van der Waals surface area contributed by atoms with Gasteiger partial charge in [-0.05, 0) is 36.6 Å². The lowest BCUT2D eigenvalue weighted by Gasteiger charge is -2.17. The van der Waals surface area contributed by atoms with Crippen molar-refractivity contribution in [1.29, 1.82) is 0 Å². The van der Waals surface area contributed by atoms with Crippen molar-refractivity contribution in [3.63, 3.8) is 0 Å². The predicted molar refractivity (Wildman–Crippen MR) is 89.5 cm³/mol. The van der Waals surface area contributed by atoms with Crippen LogP contribution in [0, 0.1) is 0 Å². The molecule has 0 radical (unpaired) electrons. The summed E-state index contributed by atoms with van der Waals surface area (Å²) in [7, 11) is 1.27. The lowest BCUT2D eigenvalue weighted by molar-refractivity contribution is -0.153. The van der Waals surface area contributed by atoms with Crippen molar-refractivity contribution in [1.82, 2.24) is 4.57 Å². The highest BCUT2D eigenvalue weighted by molar-refractivity contribution is 5.89. The molecule has 1 aliphatic rings. The molecule has 0 spiro atoms. The van der Waals surface area contributed by atoms with Crippen LogP contribution in [0.5, 0.6) is 11.5 Å². The lowest BCUT2D eigenvalue weighted by atomic mass is 10.00. The van der Waals surface area contributed by atoms with Crippen LogP contribution in [-0.2, 0) is 13.0 Å². The van der Waals surface area contributed by atoms with Gasteiger partial charge in [0.2, 0.25) is 5.43 Å². The second-order valence-electron chi connectivity index (χ2n) is 6.08. The number of benzene rings is 1. The van der Waals surface area contributed by atoms with Gasteiger partial charge in [0.05, 0.1) is 12.8 Å². The molecule has 1 aromatic carbocycles. The Hall–Kier alpha value is -2.97. The van der Waals surface area contributed by atoms with Crippen LogP contribution in [0.25, 0.3) is 11.3 Å². The lowest BCUT2D eigenvalue weighted by Crippen LogP contribution is -2.21. The molecule has 0 bridgehead atoms. The zero-order valence-electron chi connectivity index (χ0n) is 14.3. The first-order chi connectivity index (χ1) is 12.7. The number of hydrogen-bond acceptors (Lipinski definition) is 4. The minimum atomic E-state index is -4.44. The van der Waals surface area contributed by atoms with Gasteiger partial charge < -0.3 is 19.1 Å². The predicted octanol–water partition coefficient (Wildman–Crippen LogP) is 3.11. The largest absolute Gasteiger partial charge is 0.491 e. The fraction of sp³-hybridized carbons (Fsp3) is 0.333. The Balaban J connectivity index is 2.12. The number of fused-ring (bicyclic) bond motifs is 3. The highest BCUT2D eigenvalue weighted by Crippen LogP contribution is 2.36. The number of rotatable bonds is 4. The molecule has 6 nitrogen and oxygen atoms in total. The van der Waals surface area contributed by atoms with E-state index in [-0.39, 0.29) is 11.5 Å². The molecule has 1 aliphatic heterocycles. The Bertz CT molecular complexity index is 949. The van der Waals surface area contributed by atoms with Gasteiger partial charge in [-0.2, -0.15) is 13.2 Å². The van der Waals surface area contributed by atoms with E-state index in [1.165, 1.54) is 25.4 Å². The summed E-state index contributed by atoms with van der Waals surface area (Å²) in [5.41, 5.74) is 0.549. The van der Waals surface area contributed by atoms with Gasteiger partial charge in [-0.25, -0.2) is 4.79 Å². The number of aromatic nitrogens is 1. The van der Waals surface area contributed by atoms with E-state index >= 15 is 0 Å². The maximum Gasteiger partial charge on any atom is 0.422 e. The summed E-state index contributed by atoms with van der Waals surface area (Å²) >= 11 is 0.